The van der Waals surface area contributed by atoms with Gasteiger partial charge in [0.25, 0.3) is 0 Å². The summed E-state index contributed by atoms with van der Waals surface area (Å²) in [7, 11) is 1.67. The van der Waals surface area contributed by atoms with Gasteiger partial charge in [0.1, 0.15) is 6.10 Å². The standard InChI is InChI=1S/C12H21N3O3/c1-3-4-10(16-2)12-14-11(18-15-12)7-9-8-17-6-5-13-9/h9-10,13H,3-8H2,1-2H3. The van der Waals surface area contributed by atoms with Crippen molar-refractivity contribution in [3.63, 3.8) is 0 Å². The van der Waals surface area contributed by atoms with Crippen molar-refractivity contribution in [3.05, 3.63) is 11.7 Å². The third-order valence-electron chi connectivity index (χ3n) is 3.03. The summed E-state index contributed by atoms with van der Waals surface area (Å²) in [6.07, 6.45) is 2.57. The van der Waals surface area contributed by atoms with Crippen molar-refractivity contribution in [2.45, 2.75) is 38.3 Å². The maximum Gasteiger partial charge on any atom is 0.228 e. The van der Waals surface area contributed by atoms with Crippen LogP contribution in [0.15, 0.2) is 4.52 Å². The van der Waals surface area contributed by atoms with Gasteiger partial charge in [-0.3, -0.25) is 0 Å². The van der Waals surface area contributed by atoms with E-state index in [0.717, 1.165) is 26.0 Å². The molecule has 6 heteroatoms. The van der Waals surface area contributed by atoms with Crippen LogP contribution in [0.4, 0.5) is 0 Å². The second-order valence-corrected chi connectivity index (χ2v) is 4.49. The van der Waals surface area contributed by atoms with Crippen molar-refractivity contribution in [2.75, 3.05) is 26.9 Å². The fourth-order valence-corrected chi connectivity index (χ4v) is 2.06. The first-order chi connectivity index (χ1) is 8.83. The Hall–Kier alpha value is -0.980. The molecule has 1 aromatic heterocycles. The molecule has 2 heterocycles. The highest BCUT2D eigenvalue weighted by Crippen LogP contribution is 2.19. The van der Waals surface area contributed by atoms with Crippen LogP contribution >= 0.6 is 0 Å². The van der Waals surface area contributed by atoms with Crippen LogP contribution in [0.3, 0.4) is 0 Å². The molecule has 0 aromatic carbocycles. The van der Waals surface area contributed by atoms with Gasteiger partial charge >= 0.3 is 0 Å². The Morgan fingerprint density at radius 1 is 1.56 bits per heavy atom. The zero-order valence-corrected chi connectivity index (χ0v) is 11.0. The molecule has 6 nitrogen and oxygen atoms in total. The van der Waals surface area contributed by atoms with Crippen molar-refractivity contribution >= 4 is 0 Å². The van der Waals surface area contributed by atoms with Gasteiger partial charge < -0.3 is 19.3 Å². The van der Waals surface area contributed by atoms with Gasteiger partial charge in [0, 0.05) is 26.1 Å². The van der Waals surface area contributed by atoms with Crippen LogP contribution in [0.5, 0.6) is 0 Å². The van der Waals surface area contributed by atoms with Crippen molar-refractivity contribution in [2.24, 2.45) is 0 Å². The highest BCUT2D eigenvalue weighted by Gasteiger charge is 2.20. The van der Waals surface area contributed by atoms with E-state index in [-0.39, 0.29) is 12.1 Å². The lowest BCUT2D eigenvalue weighted by atomic mass is 10.2. The minimum atomic E-state index is -0.0666. The summed E-state index contributed by atoms with van der Waals surface area (Å²) >= 11 is 0. The molecular formula is C12H21N3O3. The summed E-state index contributed by atoms with van der Waals surface area (Å²) in [5.41, 5.74) is 0. The van der Waals surface area contributed by atoms with Crippen molar-refractivity contribution in [1.82, 2.24) is 15.5 Å². The van der Waals surface area contributed by atoms with Crippen LogP contribution in [-0.2, 0) is 15.9 Å². The zero-order valence-electron chi connectivity index (χ0n) is 11.0. The lowest BCUT2D eigenvalue weighted by Gasteiger charge is -2.22. The minimum Gasteiger partial charge on any atom is -0.378 e. The zero-order chi connectivity index (χ0) is 12.8. The van der Waals surface area contributed by atoms with Gasteiger partial charge in [-0.05, 0) is 6.42 Å². The molecule has 1 fully saturated rings. The van der Waals surface area contributed by atoms with E-state index in [4.69, 9.17) is 14.0 Å². The SMILES string of the molecule is CCCC(OC)c1noc(CC2COCCN2)n1. The molecule has 0 amide bonds. The molecule has 1 aromatic rings. The number of aromatic nitrogens is 2. The lowest BCUT2D eigenvalue weighted by molar-refractivity contribution is 0.0743. The molecule has 0 spiro atoms. The third kappa shape index (κ3) is 3.51. The molecule has 1 N–H and O–H groups in total. The van der Waals surface area contributed by atoms with Crippen molar-refractivity contribution in [3.8, 4) is 0 Å². The van der Waals surface area contributed by atoms with E-state index in [1.165, 1.54) is 0 Å². The predicted molar refractivity (Wildman–Crippen MR) is 65.3 cm³/mol. The van der Waals surface area contributed by atoms with E-state index in [1.807, 2.05) is 0 Å². The van der Waals surface area contributed by atoms with Gasteiger partial charge in [-0.1, -0.05) is 18.5 Å². The van der Waals surface area contributed by atoms with Crippen LogP contribution in [0.25, 0.3) is 0 Å². The quantitative estimate of drug-likeness (QED) is 0.820. The molecule has 0 saturated carbocycles. The van der Waals surface area contributed by atoms with Crippen LogP contribution < -0.4 is 5.32 Å². The summed E-state index contributed by atoms with van der Waals surface area (Å²) in [4.78, 5) is 4.40. The summed E-state index contributed by atoms with van der Waals surface area (Å²) in [6.45, 7) is 4.45. The van der Waals surface area contributed by atoms with Gasteiger partial charge in [0.15, 0.2) is 0 Å². The molecule has 0 radical (unpaired) electrons. The molecule has 1 saturated heterocycles. The van der Waals surface area contributed by atoms with Crippen molar-refractivity contribution < 1.29 is 14.0 Å². The Kier molecular flexibility index (Phi) is 5.10. The van der Waals surface area contributed by atoms with E-state index in [9.17, 15) is 0 Å². The molecule has 1 aliphatic rings. The average Bonchev–Trinajstić information content (AvgIpc) is 2.85. The summed E-state index contributed by atoms with van der Waals surface area (Å²) in [6, 6.07) is 0.263. The first-order valence-electron chi connectivity index (χ1n) is 6.50. The summed E-state index contributed by atoms with van der Waals surface area (Å²) in [5.74, 6) is 1.29. The van der Waals surface area contributed by atoms with Crippen molar-refractivity contribution in [1.29, 1.82) is 0 Å². The highest BCUT2D eigenvalue weighted by molar-refractivity contribution is 4.93. The average molecular weight is 255 g/mol. The number of hydrogen-bond donors (Lipinski definition) is 1. The molecule has 1 aliphatic heterocycles. The van der Waals surface area contributed by atoms with E-state index in [2.05, 4.69) is 22.4 Å². The molecule has 18 heavy (non-hydrogen) atoms. The van der Waals surface area contributed by atoms with Crippen LogP contribution in [0.1, 0.15) is 37.6 Å². The second-order valence-electron chi connectivity index (χ2n) is 4.49. The number of methoxy groups -OCH3 is 1. The number of hydrogen-bond acceptors (Lipinski definition) is 6. The Morgan fingerprint density at radius 3 is 3.11 bits per heavy atom. The monoisotopic (exact) mass is 255 g/mol. The van der Waals surface area contributed by atoms with Crippen LogP contribution in [0.2, 0.25) is 0 Å². The topological polar surface area (TPSA) is 69.4 Å². The van der Waals surface area contributed by atoms with E-state index < -0.39 is 0 Å². The van der Waals surface area contributed by atoms with Gasteiger partial charge in [-0.25, -0.2) is 0 Å². The predicted octanol–water partition coefficient (Wildman–Crippen LogP) is 1.09. The fourth-order valence-electron chi connectivity index (χ4n) is 2.06. The Balaban J connectivity index is 1.92. The van der Waals surface area contributed by atoms with E-state index in [1.54, 1.807) is 7.11 Å². The van der Waals surface area contributed by atoms with Gasteiger partial charge in [0.2, 0.25) is 11.7 Å². The number of morpholine rings is 1. The van der Waals surface area contributed by atoms with Crippen LogP contribution in [-0.4, -0.2) is 43.1 Å². The first-order valence-corrected chi connectivity index (χ1v) is 6.50. The Bertz CT molecular complexity index is 350. The molecule has 2 atom stereocenters. The molecule has 2 rings (SSSR count). The smallest absolute Gasteiger partial charge is 0.228 e. The Morgan fingerprint density at radius 2 is 2.44 bits per heavy atom. The molecule has 0 aliphatic carbocycles. The maximum atomic E-state index is 5.39. The Labute approximate surface area is 107 Å². The molecular weight excluding hydrogens is 234 g/mol. The number of nitrogens with one attached hydrogen (secondary N) is 1. The molecule has 102 valence electrons. The number of ether oxygens (including phenoxy) is 2. The van der Waals surface area contributed by atoms with Gasteiger partial charge in [-0.15, -0.1) is 0 Å². The normalized spacial score (nSPS) is 22.0. The number of nitrogens with zero attached hydrogens (tertiary/aromatic N) is 2. The minimum absolute atomic E-state index is 0.0666. The summed E-state index contributed by atoms with van der Waals surface area (Å²) < 4.78 is 16.0. The van der Waals surface area contributed by atoms with Gasteiger partial charge in [0.05, 0.1) is 13.2 Å². The second kappa shape index (κ2) is 6.82. The van der Waals surface area contributed by atoms with Crippen LogP contribution in [0, 0.1) is 0 Å². The van der Waals surface area contributed by atoms with E-state index in [0.29, 0.717) is 24.7 Å². The first kappa shape index (κ1) is 13.5. The summed E-state index contributed by atoms with van der Waals surface area (Å²) in [5, 5.41) is 7.35. The molecule has 0 bridgehead atoms. The van der Waals surface area contributed by atoms with E-state index >= 15 is 0 Å². The highest BCUT2D eigenvalue weighted by atomic mass is 16.5. The largest absolute Gasteiger partial charge is 0.378 e. The van der Waals surface area contributed by atoms with Gasteiger partial charge in [-0.2, -0.15) is 4.98 Å². The third-order valence-corrected chi connectivity index (χ3v) is 3.03. The molecule has 2 unspecified atom stereocenters. The fraction of sp³-hybridized carbons (Fsp3) is 0.833. The number of rotatable bonds is 6. The lowest BCUT2D eigenvalue weighted by Crippen LogP contribution is -2.42. The maximum absolute atomic E-state index is 5.39.